The van der Waals surface area contributed by atoms with Gasteiger partial charge in [0.25, 0.3) is 0 Å². The SMILES string of the molecule is CC(C)c1ccc(/C=C/C(=O)NCc2ccc(-c3ccc(Br)cc3)o2)cc1. The zero-order valence-corrected chi connectivity index (χ0v) is 17.0. The van der Waals surface area contributed by atoms with Gasteiger partial charge >= 0.3 is 0 Å². The van der Waals surface area contributed by atoms with Gasteiger partial charge in [-0.1, -0.05) is 66.2 Å². The number of halogens is 1. The highest BCUT2D eigenvalue weighted by Gasteiger charge is 2.06. The van der Waals surface area contributed by atoms with Crippen molar-refractivity contribution >= 4 is 27.9 Å². The zero-order valence-electron chi connectivity index (χ0n) is 15.4. The van der Waals surface area contributed by atoms with Gasteiger partial charge in [0.05, 0.1) is 6.54 Å². The lowest BCUT2D eigenvalue weighted by Gasteiger charge is -2.04. The molecule has 0 bridgehead atoms. The van der Waals surface area contributed by atoms with Crippen molar-refractivity contribution in [3.05, 3.63) is 88.1 Å². The summed E-state index contributed by atoms with van der Waals surface area (Å²) in [5, 5.41) is 2.85. The Morgan fingerprint density at radius 3 is 2.41 bits per heavy atom. The molecule has 0 saturated heterocycles. The zero-order chi connectivity index (χ0) is 19.2. The standard InChI is InChI=1S/C23H22BrNO2/c1-16(2)18-6-3-17(4-7-18)5-14-23(26)25-15-21-12-13-22(27-21)19-8-10-20(24)11-9-19/h3-14,16H,15H2,1-2H3,(H,25,26)/b14-5+. The van der Waals surface area contributed by atoms with Crippen LogP contribution in [0, 0.1) is 0 Å². The van der Waals surface area contributed by atoms with Crippen molar-refractivity contribution in [1.82, 2.24) is 5.32 Å². The summed E-state index contributed by atoms with van der Waals surface area (Å²) < 4.78 is 6.83. The van der Waals surface area contributed by atoms with Crippen LogP contribution >= 0.6 is 15.9 Å². The Morgan fingerprint density at radius 1 is 1.04 bits per heavy atom. The molecule has 138 valence electrons. The molecule has 1 heterocycles. The van der Waals surface area contributed by atoms with E-state index in [1.165, 1.54) is 5.56 Å². The summed E-state index contributed by atoms with van der Waals surface area (Å²) in [6.45, 7) is 4.68. The number of hydrogen-bond donors (Lipinski definition) is 1. The van der Waals surface area contributed by atoms with Crippen LogP contribution in [0.2, 0.25) is 0 Å². The molecule has 3 aromatic rings. The molecule has 4 heteroatoms. The number of rotatable bonds is 6. The second-order valence-corrected chi connectivity index (χ2v) is 7.56. The Hall–Kier alpha value is -2.59. The molecule has 0 atom stereocenters. The fourth-order valence-corrected chi connectivity index (χ4v) is 2.90. The van der Waals surface area contributed by atoms with Gasteiger partial charge in [-0.3, -0.25) is 4.79 Å². The van der Waals surface area contributed by atoms with E-state index >= 15 is 0 Å². The monoisotopic (exact) mass is 423 g/mol. The van der Waals surface area contributed by atoms with Crippen molar-refractivity contribution in [3.8, 4) is 11.3 Å². The number of benzene rings is 2. The summed E-state index contributed by atoms with van der Waals surface area (Å²) in [5.41, 5.74) is 3.29. The molecule has 0 radical (unpaired) electrons. The molecule has 0 aliphatic carbocycles. The predicted octanol–water partition coefficient (Wildman–Crippen LogP) is 6.16. The maximum atomic E-state index is 12.0. The van der Waals surface area contributed by atoms with Crippen LogP contribution in [0.1, 0.15) is 36.7 Å². The third-order valence-corrected chi connectivity index (χ3v) is 4.79. The highest BCUT2D eigenvalue weighted by molar-refractivity contribution is 9.10. The van der Waals surface area contributed by atoms with Crippen LogP contribution in [0.25, 0.3) is 17.4 Å². The van der Waals surface area contributed by atoms with E-state index in [4.69, 9.17) is 4.42 Å². The number of nitrogens with one attached hydrogen (secondary N) is 1. The highest BCUT2D eigenvalue weighted by Crippen LogP contribution is 2.24. The number of hydrogen-bond acceptors (Lipinski definition) is 2. The Bertz CT molecular complexity index is 922. The van der Waals surface area contributed by atoms with Crippen molar-refractivity contribution in [3.63, 3.8) is 0 Å². The molecule has 2 aromatic carbocycles. The molecule has 1 N–H and O–H groups in total. The second kappa shape index (κ2) is 8.87. The Morgan fingerprint density at radius 2 is 1.74 bits per heavy atom. The lowest BCUT2D eigenvalue weighted by molar-refractivity contribution is -0.116. The molecule has 0 unspecified atom stereocenters. The van der Waals surface area contributed by atoms with E-state index in [1.807, 2.05) is 54.6 Å². The van der Waals surface area contributed by atoms with Gasteiger partial charge in [0.15, 0.2) is 0 Å². The van der Waals surface area contributed by atoms with Crippen LogP contribution < -0.4 is 5.32 Å². The molecule has 0 fully saturated rings. The quantitative estimate of drug-likeness (QED) is 0.482. The van der Waals surface area contributed by atoms with E-state index in [2.05, 4.69) is 47.2 Å². The van der Waals surface area contributed by atoms with E-state index in [0.29, 0.717) is 12.5 Å². The molecule has 1 amide bonds. The van der Waals surface area contributed by atoms with Gasteiger partial charge in [0.1, 0.15) is 11.5 Å². The smallest absolute Gasteiger partial charge is 0.244 e. The number of amides is 1. The van der Waals surface area contributed by atoms with E-state index in [9.17, 15) is 4.79 Å². The van der Waals surface area contributed by atoms with E-state index in [0.717, 1.165) is 27.1 Å². The van der Waals surface area contributed by atoms with Crippen molar-refractivity contribution in [1.29, 1.82) is 0 Å². The lowest BCUT2D eigenvalue weighted by atomic mass is 10.0. The average molecular weight is 424 g/mol. The molecular formula is C23H22BrNO2. The second-order valence-electron chi connectivity index (χ2n) is 6.65. The summed E-state index contributed by atoms with van der Waals surface area (Å²) in [6.07, 6.45) is 3.36. The third kappa shape index (κ3) is 5.44. The van der Waals surface area contributed by atoms with Crippen LogP contribution in [0.3, 0.4) is 0 Å². The molecular weight excluding hydrogens is 402 g/mol. The summed E-state index contributed by atoms with van der Waals surface area (Å²) in [5.74, 6) is 1.86. The van der Waals surface area contributed by atoms with Gasteiger partial charge < -0.3 is 9.73 Å². The van der Waals surface area contributed by atoms with Gasteiger partial charge in [-0.15, -0.1) is 0 Å². The Labute approximate surface area is 168 Å². The molecule has 3 rings (SSSR count). The van der Waals surface area contributed by atoms with Crippen LogP contribution in [0.5, 0.6) is 0 Å². The van der Waals surface area contributed by atoms with Gasteiger partial charge in [0, 0.05) is 16.1 Å². The van der Waals surface area contributed by atoms with Gasteiger partial charge in [-0.05, 0) is 47.4 Å². The van der Waals surface area contributed by atoms with Crippen LogP contribution in [-0.2, 0) is 11.3 Å². The van der Waals surface area contributed by atoms with E-state index < -0.39 is 0 Å². The Kier molecular flexibility index (Phi) is 6.30. The van der Waals surface area contributed by atoms with Crippen molar-refractivity contribution in [2.24, 2.45) is 0 Å². The minimum Gasteiger partial charge on any atom is -0.459 e. The maximum absolute atomic E-state index is 12.0. The summed E-state index contributed by atoms with van der Waals surface area (Å²) in [7, 11) is 0. The molecule has 3 nitrogen and oxygen atoms in total. The normalized spacial score (nSPS) is 11.3. The predicted molar refractivity (Wildman–Crippen MR) is 113 cm³/mol. The topological polar surface area (TPSA) is 42.2 Å². The highest BCUT2D eigenvalue weighted by atomic mass is 79.9. The number of carbonyl (C=O) groups excluding carboxylic acids is 1. The summed E-state index contributed by atoms with van der Waals surface area (Å²) >= 11 is 3.42. The first-order valence-electron chi connectivity index (χ1n) is 8.92. The van der Waals surface area contributed by atoms with Crippen LogP contribution in [-0.4, -0.2) is 5.91 Å². The first-order chi connectivity index (χ1) is 13.0. The first-order valence-corrected chi connectivity index (χ1v) is 9.71. The minimum atomic E-state index is -0.149. The van der Waals surface area contributed by atoms with Crippen LogP contribution in [0.15, 0.2) is 75.6 Å². The molecule has 0 saturated carbocycles. The fourth-order valence-electron chi connectivity index (χ4n) is 2.64. The van der Waals surface area contributed by atoms with Crippen molar-refractivity contribution < 1.29 is 9.21 Å². The molecule has 0 aliphatic heterocycles. The number of furan rings is 1. The first kappa shape index (κ1) is 19.2. The summed E-state index contributed by atoms with van der Waals surface area (Å²) in [4.78, 5) is 12.0. The summed E-state index contributed by atoms with van der Waals surface area (Å²) in [6, 6.07) is 19.9. The largest absolute Gasteiger partial charge is 0.459 e. The van der Waals surface area contributed by atoms with Gasteiger partial charge in [0.2, 0.25) is 5.91 Å². The third-order valence-electron chi connectivity index (χ3n) is 4.26. The lowest BCUT2D eigenvalue weighted by Crippen LogP contribution is -2.19. The minimum absolute atomic E-state index is 0.149. The van der Waals surface area contributed by atoms with Gasteiger partial charge in [-0.25, -0.2) is 0 Å². The molecule has 27 heavy (non-hydrogen) atoms. The molecule has 0 aliphatic rings. The van der Waals surface area contributed by atoms with Crippen molar-refractivity contribution in [2.45, 2.75) is 26.3 Å². The average Bonchev–Trinajstić information content (AvgIpc) is 3.14. The van der Waals surface area contributed by atoms with Gasteiger partial charge in [-0.2, -0.15) is 0 Å². The fraction of sp³-hybridized carbons (Fsp3) is 0.174. The Balaban J connectivity index is 1.54. The van der Waals surface area contributed by atoms with Crippen molar-refractivity contribution in [2.75, 3.05) is 0 Å². The maximum Gasteiger partial charge on any atom is 0.244 e. The molecule has 1 aromatic heterocycles. The number of carbonyl (C=O) groups is 1. The van der Waals surface area contributed by atoms with E-state index in [-0.39, 0.29) is 5.91 Å². The molecule has 0 spiro atoms. The van der Waals surface area contributed by atoms with E-state index in [1.54, 1.807) is 6.08 Å². The van der Waals surface area contributed by atoms with Crippen LogP contribution in [0.4, 0.5) is 0 Å².